The van der Waals surface area contributed by atoms with E-state index < -0.39 is 88.7 Å². The van der Waals surface area contributed by atoms with E-state index in [9.17, 15) is 64.8 Å². The van der Waals surface area contributed by atoms with Gasteiger partial charge in [0.25, 0.3) is 0 Å². The summed E-state index contributed by atoms with van der Waals surface area (Å²) in [5.41, 5.74) is 4.96. The molecule has 115 heavy (non-hydrogen) atoms. The van der Waals surface area contributed by atoms with Crippen LogP contribution in [0.15, 0.2) is 199 Å². The van der Waals surface area contributed by atoms with Crippen LogP contribution in [0.3, 0.4) is 0 Å². The monoisotopic (exact) mass is 1670 g/mol. The maximum Gasteiger partial charge on any atom is 0.419 e. The minimum atomic E-state index is -4.76. The summed E-state index contributed by atoms with van der Waals surface area (Å²) in [5, 5.41) is 13.4. The average molecular weight is 1670 g/mol. The first kappa shape index (κ1) is 86.8. The fourth-order valence-corrected chi connectivity index (χ4v) is 14.7. The molecule has 12 aromatic rings. The van der Waals surface area contributed by atoms with Crippen LogP contribution in [0, 0.1) is 20.8 Å². The summed E-state index contributed by atoms with van der Waals surface area (Å²) in [6.45, 7) is 15.0. The summed E-state index contributed by atoms with van der Waals surface area (Å²) in [4.78, 5) is 59.8. The summed E-state index contributed by atoms with van der Waals surface area (Å²) >= 11 is 5.68. The van der Waals surface area contributed by atoms with E-state index in [1.807, 2.05) is 0 Å². The molecule has 0 saturated heterocycles. The third-order valence-corrected chi connectivity index (χ3v) is 20.1. The number of nitrogen functional groups attached to an aromatic ring is 1. The van der Waals surface area contributed by atoms with Gasteiger partial charge in [-0.15, -0.1) is 0 Å². The Bertz CT molecular complexity index is 5490. The molecular weight excluding hydrogens is 1600 g/mol. The molecule has 0 unspecified atom stereocenters. The van der Waals surface area contributed by atoms with Gasteiger partial charge in [-0.25, -0.2) is 114 Å². The maximum atomic E-state index is 13.8. The molecular formula is C72H70ClF9N24O6S3. The smallest absolute Gasteiger partial charge is 0.384 e. The molecule has 0 radical (unpaired) electrons. The number of para-hydroxylation sites is 3. The van der Waals surface area contributed by atoms with Crippen molar-refractivity contribution in [3.05, 3.63) is 223 Å². The Morgan fingerprint density at radius 2 is 0.635 bits per heavy atom. The van der Waals surface area contributed by atoms with Crippen molar-refractivity contribution in [1.82, 2.24) is 88.9 Å². The molecule has 30 nitrogen and oxygen atoms in total. The highest BCUT2D eigenvalue weighted by atomic mass is 35.5. The summed E-state index contributed by atoms with van der Waals surface area (Å²) in [6.07, 6.45) is 1.58. The fraction of sp³-hybridized carbons (Fsp3) is 0.208. The number of aryl methyl sites for hydroxylation is 3. The molecule has 0 aliphatic rings. The van der Waals surface area contributed by atoms with Crippen LogP contribution < -0.4 is 46.5 Å². The van der Waals surface area contributed by atoms with Gasteiger partial charge in [-0.1, -0.05) is 48.0 Å². The maximum absolute atomic E-state index is 13.8. The highest BCUT2D eigenvalue weighted by molar-refractivity contribution is 7.90. The molecule has 10 N–H and O–H groups in total. The lowest BCUT2D eigenvalue weighted by molar-refractivity contribution is -0.138. The molecule has 0 bridgehead atoms. The number of benzene rings is 3. The summed E-state index contributed by atoms with van der Waals surface area (Å²) in [5.74, 6) is 2.52. The lowest BCUT2D eigenvalue weighted by atomic mass is 10.2. The molecule has 12 rings (SSSR count). The molecule has 0 aliphatic heterocycles. The van der Waals surface area contributed by atoms with Crippen molar-refractivity contribution in [3.63, 3.8) is 0 Å². The minimum absolute atomic E-state index is 0.0107. The van der Waals surface area contributed by atoms with Gasteiger partial charge in [0, 0.05) is 121 Å². The minimum Gasteiger partial charge on any atom is -0.384 e. The quantitative estimate of drug-likeness (QED) is 0.0225. The van der Waals surface area contributed by atoms with Crippen LogP contribution in [-0.2, 0) is 48.6 Å². The van der Waals surface area contributed by atoms with Crippen molar-refractivity contribution in [2.24, 2.45) is 0 Å². The van der Waals surface area contributed by atoms with Crippen LogP contribution in [0.1, 0.15) is 75.7 Å². The molecule has 0 atom stereocenters. The number of rotatable bonds is 22. The van der Waals surface area contributed by atoms with E-state index in [2.05, 4.69) is 116 Å². The zero-order valence-corrected chi connectivity index (χ0v) is 65.0. The number of sulfonamides is 3. The van der Waals surface area contributed by atoms with Crippen molar-refractivity contribution in [2.75, 3.05) is 32.3 Å². The van der Waals surface area contributed by atoms with Gasteiger partial charge in [0.15, 0.2) is 0 Å². The van der Waals surface area contributed by atoms with Gasteiger partial charge < -0.3 is 32.3 Å². The lowest BCUT2D eigenvalue weighted by Gasteiger charge is -2.18. The Hall–Kier alpha value is -12.2. The number of pyridine rings is 3. The van der Waals surface area contributed by atoms with Gasteiger partial charge in [0.2, 0.25) is 30.1 Å². The van der Waals surface area contributed by atoms with E-state index >= 15 is 0 Å². The van der Waals surface area contributed by atoms with Gasteiger partial charge in [-0.05, 0) is 105 Å². The molecule has 9 heterocycles. The third kappa shape index (κ3) is 24.6. The molecule has 602 valence electrons. The van der Waals surface area contributed by atoms with Crippen molar-refractivity contribution in [1.29, 1.82) is 0 Å². The number of nitrogens with one attached hydrogen (secondary N) is 8. The number of nitrogens with zero attached hydrogens (tertiary/aromatic N) is 15. The molecule has 0 fully saturated rings. The van der Waals surface area contributed by atoms with Gasteiger partial charge >= 0.3 is 18.5 Å². The Kier molecular flexibility index (Phi) is 28.0. The van der Waals surface area contributed by atoms with Crippen LogP contribution in [-0.4, -0.2) is 118 Å². The molecule has 3 aromatic carbocycles. The van der Waals surface area contributed by atoms with Crippen molar-refractivity contribution in [2.45, 2.75) is 114 Å². The van der Waals surface area contributed by atoms with E-state index in [1.54, 1.807) is 118 Å². The normalized spacial score (nSPS) is 11.8. The van der Waals surface area contributed by atoms with Gasteiger partial charge in [-0.2, -0.15) is 39.5 Å². The average Bonchev–Trinajstić information content (AvgIpc) is 0.794. The predicted octanol–water partition coefficient (Wildman–Crippen LogP) is 14.7. The Morgan fingerprint density at radius 1 is 0.348 bits per heavy atom. The van der Waals surface area contributed by atoms with E-state index in [4.69, 9.17) is 17.3 Å². The molecule has 9 aromatic heterocycles. The van der Waals surface area contributed by atoms with Gasteiger partial charge in [-0.3, -0.25) is 0 Å². The molecule has 43 heteroatoms. The zero-order chi connectivity index (χ0) is 83.8. The highest BCUT2D eigenvalue weighted by Crippen LogP contribution is 2.42. The van der Waals surface area contributed by atoms with Gasteiger partial charge in [0.05, 0.1) is 67.9 Å². The van der Waals surface area contributed by atoms with Crippen LogP contribution in [0.5, 0.6) is 0 Å². The first-order valence-corrected chi connectivity index (χ1v) is 38.6. The van der Waals surface area contributed by atoms with Crippen LogP contribution in [0.2, 0.25) is 5.15 Å². The Morgan fingerprint density at radius 3 is 0.939 bits per heavy atom. The number of aromatic nitrogens is 15. The second-order valence-electron chi connectivity index (χ2n) is 25.2. The molecule has 0 aliphatic carbocycles. The van der Waals surface area contributed by atoms with Gasteiger partial charge in [0.1, 0.15) is 85.4 Å². The molecule has 0 saturated carbocycles. The second-order valence-corrected chi connectivity index (χ2v) is 30.6. The number of hydrogen-bond donors (Lipinski definition) is 9. The van der Waals surface area contributed by atoms with E-state index in [0.29, 0.717) is 64.4 Å². The number of hydrogen-bond acceptors (Lipinski definition) is 27. The summed E-state index contributed by atoms with van der Waals surface area (Å²) in [7, 11) is -11.9. The van der Waals surface area contributed by atoms with Crippen LogP contribution in [0.4, 0.5) is 103 Å². The topological polar surface area (TPSA) is 418 Å². The standard InChI is InChI=1S/2C24H23F3N8O2S.C15H15ClF3N3O2S.C9H9N5/c2*1-14(2)35-38(36,37)21-7-5-4-6-18(21)33-20-9-22(30-12-17(20)24(25,26)27)34-23-8-19(31-15(3)32-23)16-10-28-13-29-11-16;1-9(2)22-25(23,24)13-6-4-3-5-11(13)21-12-7-14(16)20-8-10(12)15(17,18)19;1-6-13-8(2-9(10)14-6)7-3-11-5-12-4-7/h2*4-14,35H,1-3H3,(H2,30,31,32,33,34);3-9,22H,1-2H3,(H,20,21);2-5H,1H3,(H2,10,13,14). The Balaban J connectivity index is 0.000000185. The number of anilines is 11. The first-order chi connectivity index (χ1) is 54.1. The van der Waals surface area contributed by atoms with E-state index in [-0.39, 0.29) is 71.9 Å². The lowest BCUT2D eigenvalue weighted by Crippen LogP contribution is -2.30. The number of halogens is 10. The third-order valence-electron chi connectivity index (χ3n) is 14.7. The predicted molar refractivity (Wildman–Crippen MR) is 413 cm³/mol. The number of nitrogens with two attached hydrogens (primary N) is 1. The highest BCUT2D eigenvalue weighted by Gasteiger charge is 2.38. The van der Waals surface area contributed by atoms with E-state index in [1.165, 1.54) is 91.8 Å². The van der Waals surface area contributed by atoms with Crippen molar-refractivity contribution >= 4 is 105 Å². The molecule has 0 amide bonds. The summed E-state index contributed by atoms with van der Waals surface area (Å²) < 4.78 is 206. The van der Waals surface area contributed by atoms with Crippen molar-refractivity contribution in [3.8, 4) is 33.8 Å². The summed E-state index contributed by atoms with van der Waals surface area (Å²) in [6, 6.07) is 23.9. The van der Waals surface area contributed by atoms with Crippen LogP contribution in [0.25, 0.3) is 33.8 Å². The number of alkyl halides is 9. The zero-order valence-electron chi connectivity index (χ0n) is 61.8. The largest absolute Gasteiger partial charge is 0.419 e. The van der Waals surface area contributed by atoms with Crippen LogP contribution >= 0.6 is 11.6 Å². The van der Waals surface area contributed by atoms with Crippen molar-refractivity contribution < 1.29 is 64.8 Å². The Labute approximate surface area is 658 Å². The second kappa shape index (κ2) is 37.2. The first-order valence-electron chi connectivity index (χ1n) is 33.8. The fourth-order valence-electron chi connectivity index (χ4n) is 10.3. The SMILES string of the molecule is CC(C)NS(=O)(=O)c1ccccc1Nc1cc(Cl)ncc1C(F)(F)F.Cc1nc(N)cc(-c2cncnc2)n1.Cc1nc(Nc2cc(Nc3ccccc3S(=O)(=O)NC(C)C)c(C(F)(F)F)cn2)cc(-c2cncnc2)n1.Cc1nc(Nc2cc(Nc3ccccc3S(=O)(=O)NC(C)C)c(C(F)(F)F)cn2)cc(-c2cncnc2)n1. The molecule has 0 spiro atoms. The van der Waals surface area contributed by atoms with E-state index in [0.717, 1.165) is 29.5 Å².